The molecule has 1 radical (unpaired) electrons. The Labute approximate surface area is 86.7 Å². The monoisotopic (exact) mass is 185 g/mol. The summed E-state index contributed by atoms with van der Waals surface area (Å²) in [4.78, 5) is 0. The summed E-state index contributed by atoms with van der Waals surface area (Å²) in [5.41, 5.74) is 5.74. The predicted octanol–water partition coefficient (Wildman–Crippen LogP) is 3.98. The van der Waals surface area contributed by atoms with Crippen LogP contribution in [0.2, 0.25) is 0 Å². The normalized spacial score (nSPS) is 31.1. The van der Waals surface area contributed by atoms with Gasteiger partial charge < -0.3 is 0 Å². The SMILES string of the molecule is CC1=[C]C(C)(C2=CC=CC2)C(C)=C1C. The maximum Gasteiger partial charge on any atom is 0.0357 e. The molecule has 0 aliphatic heterocycles. The Morgan fingerprint density at radius 2 is 2.00 bits per heavy atom. The van der Waals surface area contributed by atoms with Gasteiger partial charge in [-0.25, -0.2) is 0 Å². The van der Waals surface area contributed by atoms with Crippen LogP contribution in [0.5, 0.6) is 0 Å². The molecule has 1 unspecified atom stereocenters. The molecule has 14 heavy (non-hydrogen) atoms. The van der Waals surface area contributed by atoms with Crippen molar-refractivity contribution >= 4 is 0 Å². The van der Waals surface area contributed by atoms with E-state index in [9.17, 15) is 0 Å². The highest BCUT2D eigenvalue weighted by atomic mass is 14.4. The van der Waals surface area contributed by atoms with E-state index in [2.05, 4.69) is 52.0 Å². The Balaban J connectivity index is 2.45. The van der Waals surface area contributed by atoms with Crippen molar-refractivity contribution in [1.29, 1.82) is 0 Å². The van der Waals surface area contributed by atoms with E-state index in [0.29, 0.717) is 0 Å². The van der Waals surface area contributed by atoms with Crippen LogP contribution in [0.15, 0.2) is 40.5 Å². The first-order chi connectivity index (χ1) is 6.55. The smallest absolute Gasteiger partial charge is 0.0357 e. The van der Waals surface area contributed by atoms with Crippen molar-refractivity contribution in [3.63, 3.8) is 0 Å². The van der Waals surface area contributed by atoms with Crippen LogP contribution in [-0.4, -0.2) is 0 Å². The van der Waals surface area contributed by atoms with Crippen molar-refractivity contribution in [2.45, 2.75) is 34.1 Å². The molecule has 0 aromatic carbocycles. The average Bonchev–Trinajstić information content (AvgIpc) is 2.73. The van der Waals surface area contributed by atoms with Gasteiger partial charge in [-0.05, 0) is 51.3 Å². The Bertz CT molecular complexity index is 388. The molecule has 0 spiro atoms. The quantitative estimate of drug-likeness (QED) is 0.579. The third kappa shape index (κ3) is 1.13. The van der Waals surface area contributed by atoms with Gasteiger partial charge in [0.2, 0.25) is 0 Å². The van der Waals surface area contributed by atoms with E-state index in [1.165, 1.54) is 22.3 Å². The number of hydrogen-bond acceptors (Lipinski definition) is 0. The second-order valence-corrected chi connectivity index (χ2v) is 4.45. The van der Waals surface area contributed by atoms with E-state index < -0.39 is 0 Å². The van der Waals surface area contributed by atoms with E-state index in [1.54, 1.807) is 0 Å². The van der Waals surface area contributed by atoms with Crippen molar-refractivity contribution in [1.82, 2.24) is 0 Å². The van der Waals surface area contributed by atoms with Gasteiger partial charge in [-0.1, -0.05) is 29.4 Å². The summed E-state index contributed by atoms with van der Waals surface area (Å²) in [7, 11) is 0. The summed E-state index contributed by atoms with van der Waals surface area (Å²) in [6.07, 6.45) is 11.3. The summed E-state index contributed by atoms with van der Waals surface area (Å²) >= 11 is 0. The summed E-state index contributed by atoms with van der Waals surface area (Å²) < 4.78 is 0. The van der Waals surface area contributed by atoms with Crippen LogP contribution in [-0.2, 0) is 0 Å². The van der Waals surface area contributed by atoms with Gasteiger partial charge in [0.05, 0.1) is 0 Å². The lowest BCUT2D eigenvalue weighted by Gasteiger charge is -2.26. The highest BCUT2D eigenvalue weighted by Gasteiger charge is 2.34. The molecule has 0 aromatic rings. The lowest BCUT2D eigenvalue weighted by atomic mass is 9.77. The third-order valence-electron chi connectivity index (χ3n) is 3.73. The molecule has 73 valence electrons. The van der Waals surface area contributed by atoms with Gasteiger partial charge in [-0.15, -0.1) is 0 Å². The molecule has 0 amide bonds. The molecule has 0 saturated carbocycles. The predicted molar refractivity (Wildman–Crippen MR) is 60.8 cm³/mol. The van der Waals surface area contributed by atoms with Crippen LogP contribution in [0.4, 0.5) is 0 Å². The van der Waals surface area contributed by atoms with Crippen LogP contribution in [0.1, 0.15) is 34.1 Å². The maximum absolute atomic E-state index is 3.61. The summed E-state index contributed by atoms with van der Waals surface area (Å²) in [5, 5.41) is 0. The first kappa shape index (κ1) is 9.51. The molecule has 0 saturated heterocycles. The van der Waals surface area contributed by atoms with Crippen LogP contribution >= 0.6 is 0 Å². The molecule has 0 nitrogen and oxygen atoms in total. The van der Waals surface area contributed by atoms with Gasteiger partial charge in [0.1, 0.15) is 0 Å². The first-order valence-corrected chi connectivity index (χ1v) is 5.22. The van der Waals surface area contributed by atoms with Gasteiger partial charge in [-0.2, -0.15) is 0 Å². The minimum absolute atomic E-state index is 0.0671. The zero-order valence-corrected chi connectivity index (χ0v) is 9.44. The van der Waals surface area contributed by atoms with E-state index in [4.69, 9.17) is 0 Å². The van der Waals surface area contributed by atoms with Gasteiger partial charge in [0.25, 0.3) is 0 Å². The third-order valence-corrected chi connectivity index (χ3v) is 3.73. The molecule has 2 rings (SSSR count). The molecular weight excluding hydrogens is 168 g/mol. The zero-order chi connectivity index (χ0) is 10.3. The standard InChI is InChI=1S/C14H17/c1-10-9-14(4,12(3)11(10)2)13-7-5-6-8-13/h5-7H,8H2,1-4H3. The Kier molecular flexibility index (Phi) is 2.02. The summed E-state index contributed by atoms with van der Waals surface area (Å²) in [6.45, 7) is 8.87. The summed E-state index contributed by atoms with van der Waals surface area (Å²) in [6, 6.07) is 0. The van der Waals surface area contributed by atoms with Gasteiger partial charge in [0, 0.05) is 5.41 Å². The molecule has 0 heteroatoms. The molecule has 0 heterocycles. The largest absolute Gasteiger partial charge is 0.0804 e. The van der Waals surface area contributed by atoms with E-state index in [1.807, 2.05) is 0 Å². The van der Waals surface area contributed by atoms with Crippen LogP contribution < -0.4 is 0 Å². The van der Waals surface area contributed by atoms with E-state index >= 15 is 0 Å². The Hall–Kier alpha value is -1.04. The van der Waals surface area contributed by atoms with E-state index in [-0.39, 0.29) is 5.41 Å². The first-order valence-electron chi connectivity index (χ1n) is 5.22. The minimum Gasteiger partial charge on any atom is -0.0804 e. The molecule has 0 bridgehead atoms. The fraction of sp³-hybridized carbons (Fsp3) is 0.429. The second-order valence-electron chi connectivity index (χ2n) is 4.45. The Morgan fingerprint density at radius 3 is 2.43 bits per heavy atom. The second kappa shape index (κ2) is 2.98. The van der Waals surface area contributed by atoms with Crippen molar-refractivity contribution < 1.29 is 0 Å². The number of hydrogen-bond donors (Lipinski definition) is 0. The highest BCUT2D eigenvalue weighted by Crippen LogP contribution is 2.47. The Morgan fingerprint density at radius 1 is 1.29 bits per heavy atom. The zero-order valence-electron chi connectivity index (χ0n) is 9.44. The van der Waals surface area contributed by atoms with Crippen molar-refractivity contribution in [2.24, 2.45) is 5.41 Å². The van der Waals surface area contributed by atoms with Crippen molar-refractivity contribution in [2.75, 3.05) is 0 Å². The molecule has 2 aliphatic rings. The van der Waals surface area contributed by atoms with Crippen molar-refractivity contribution in [3.8, 4) is 0 Å². The molecule has 2 aliphatic carbocycles. The maximum atomic E-state index is 3.61. The lowest BCUT2D eigenvalue weighted by Crippen LogP contribution is -2.15. The minimum atomic E-state index is 0.0671. The van der Waals surface area contributed by atoms with Gasteiger partial charge >= 0.3 is 0 Å². The topological polar surface area (TPSA) is 0 Å². The number of rotatable bonds is 1. The van der Waals surface area contributed by atoms with Gasteiger partial charge in [0.15, 0.2) is 0 Å². The lowest BCUT2D eigenvalue weighted by molar-refractivity contribution is 0.593. The van der Waals surface area contributed by atoms with Gasteiger partial charge in [-0.3, -0.25) is 0 Å². The average molecular weight is 185 g/mol. The molecule has 1 atom stereocenters. The highest BCUT2D eigenvalue weighted by molar-refractivity contribution is 5.49. The number of allylic oxidation sites excluding steroid dienone is 8. The van der Waals surface area contributed by atoms with E-state index in [0.717, 1.165) is 6.42 Å². The van der Waals surface area contributed by atoms with Crippen LogP contribution in [0, 0.1) is 11.5 Å². The van der Waals surface area contributed by atoms with Crippen LogP contribution in [0.3, 0.4) is 0 Å². The molecule has 0 fully saturated rings. The van der Waals surface area contributed by atoms with Crippen LogP contribution in [0.25, 0.3) is 0 Å². The summed E-state index contributed by atoms with van der Waals surface area (Å²) in [5.74, 6) is 0. The fourth-order valence-corrected chi connectivity index (χ4v) is 2.36. The fourth-order valence-electron chi connectivity index (χ4n) is 2.36. The molecule has 0 aromatic heterocycles. The molecule has 0 N–H and O–H groups in total. The van der Waals surface area contributed by atoms with Crippen molar-refractivity contribution in [3.05, 3.63) is 46.6 Å². The molecular formula is C14H17.